The van der Waals surface area contributed by atoms with Crippen LogP contribution in [0.2, 0.25) is 0 Å². The van der Waals surface area contributed by atoms with E-state index in [1.807, 2.05) is 41.5 Å². The van der Waals surface area contributed by atoms with Gasteiger partial charge in [0.15, 0.2) is 11.5 Å². The van der Waals surface area contributed by atoms with Crippen LogP contribution in [0.3, 0.4) is 0 Å². The van der Waals surface area contributed by atoms with E-state index < -0.39 is 22.9 Å². The van der Waals surface area contributed by atoms with Crippen LogP contribution in [-0.2, 0) is 9.59 Å². The second-order valence-corrected chi connectivity index (χ2v) is 8.42. The summed E-state index contributed by atoms with van der Waals surface area (Å²) in [4.78, 5) is 27.4. The number of nitrogens with two attached hydrogens (primary N) is 1. The van der Waals surface area contributed by atoms with Gasteiger partial charge < -0.3 is 25.4 Å². The lowest BCUT2D eigenvalue weighted by Crippen LogP contribution is -2.66. The molecule has 0 radical (unpaired) electrons. The SMILES string of the molecule is CCOc1ccc(NC(=O)C(=O)N2C(C)(C)CC(N)CC2(C)C)cc1OCC. The molecule has 0 aliphatic carbocycles. The quantitative estimate of drug-likeness (QED) is 0.753. The summed E-state index contributed by atoms with van der Waals surface area (Å²) >= 11 is 0. The van der Waals surface area contributed by atoms with Gasteiger partial charge in [0.25, 0.3) is 0 Å². The number of carbonyl (C=O) groups is 2. The molecule has 0 unspecified atom stereocenters. The number of rotatable bonds is 5. The highest BCUT2D eigenvalue weighted by Crippen LogP contribution is 2.38. The minimum Gasteiger partial charge on any atom is -0.490 e. The lowest BCUT2D eigenvalue weighted by molar-refractivity contribution is -0.156. The van der Waals surface area contributed by atoms with Crippen LogP contribution in [0.25, 0.3) is 0 Å². The van der Waals surface area contributed by atoms with Gasteiger partial charge in [0.2, 0.25) is 0 Å². The van der Waals surface area contributed by atoms with Gasteiger partial charge in [-0.15, -0.1) is 0 Å². The van der Waals surface area contributed by atoms with E-state index in [0.717, 1.165) is 0 Å². The van der Waals surface area contributed by atoms with E-state index in [4.69, 9.17) is 15.2 Å². The highest BCUT2D eigenvalue weighted by molar-refractivity contribution is 6.39. The van der Waals surface area contributed by atoms with Crippen molar-refractivity contribution in [2.45, 2.75) is 71.5 Å². The number of piperidine rings is 1. The summed E-state index contributed by atoms with van der Waals surface area (Å²) in [6.45, 7) is 12.5. The maximum Gasteiger partial charge on any atom is 0.313 e. The van der Waals surface area contributed by atoms with E-state index >= 15 is 0 Å². The van der Waals surface area contributed by atoms with Crippen LogP contribution < -0.4 is 20.5 Å². The lowest BCUT2D eigenvalue weighted by atomic mass is 9.77. The Morgan fingerprint density at radius 3 is 2.14 bits per heavy atom. The number of anilines is 1. The van der Waals surface area contributed by atoms with Crippen LogP contribution in [0.5, 0.6) is 11.5 Å². The zero-order chi connectivity index (χ0) is 21.1. The first-order valence-corrected chi connectivity index (χ1v) is 9.82. The highest BCUT2D eigenvalue weighted by Gasteiger charge is 2.48. The summed E-state index contributed by atoms with van der Waals surface area (Å²) in [7, 11) is 0. The van der Waals surface area contributed by atoms with Crippen molar-refractivity contribution >= 4 is 17.5 Å². The fourth-order valence-electron chi connectivity index (χ4n) is 4.32. The third-order valence-corrected chi connectivity index (χ3v) is 4.93. The average Bonchev–Trinajstić information content (AvgIpc) is 2.54. The Morgan fingerprint density at radius 2 is 1.61 bits per heavy atom. The molecule has 0 spiro atoms. The van der Waals surface area contributed by atoms with Gasteiger partial charge in [-0.3, -0.25) is 9.59 Å². The lowest BCUT2D eigenvalue weighted by Gasteiger charge is -2.54. The van der Waals surface area contributed by atoms with Crippen LogP contribution in [0.15, 0.2) is 18.2 Å². The molecule has 1 aromatic carbocycles. The van der Waals surface area contributed by atoms with Crippen molar-refractivity contribution in [2.24, 2.45) is 5.73 Å². The first kappa shape index (κ1) is 22.0. The van der Waals surface area contributed by atoms with Crippen LogP contribution >= 0.6 is 0 Å². The number of nitrogens with one attached hydrogen (secondary N) is 1. The highest BCUT2D eigenvalue weighted by atomic mass is 16.5. The van der Waals surface area contributed by atoms with Crippen LogP contribution in [0, 0.1) is 0 Å². The summed E-state index contributed by atoms with van der Waals surface area (Å²) in [5, 5.41) is 2.70. The van der Waals surface area contributed by atoms with Crippen molar-refractivity contribution in [3.05, 3.63) is 18.2 Å². The molecule has 1 aliphatic heterocycles. The Bertz CT molecular complexity index is 712. The number of hydrogen-bond acceptors (Lipinski definition) is 5. The van der Waals surface area contributed by atoms with Crippen molar-refractivity contribution in [1.29, 1.82) is 0 Å². The molecular formula is C21H33N3O4. The monoisotopic (exact) mass is 391 g/mol. The molecule has 1 fully saturated rings. The van der Waals surface area contributed by atoms with Gasteiger partial charge in [0, 0.05) is 28.9 Å². The summed E-state index contributed by atoms with van der Waals surface area (Å²) < 4.78 is 11.1. The molecule has 2 amide bonds. The van der Waals surface area contributed by atoms with Crippen molar-refractivity contribution in [1.82, 2.24) is 4.90 Å². The van der Waals surface area contributed by atoms with E-state index in [2.05, 4.69) is 5.32 Å². The van der Waals surface area contributed by atoms with E-state index in [1.54, 1.807) is 23.1 Å². The molecule has 1 saturated heterocycles. The Hall–Kier alpha value is -2.28. The van der Waals surface area contributed by atoms with Crippen molar-refractivity contribution < 1.29 is 19.1 Å². The first-order valence-electron chi connectivity index (χ1n) is 9.82. The zero-order valence-electron chi connectivity index (χ0n) is 17.8. The molecule has 7 nitrogen and oxygen atoms in total. The molecule has 0 saturated carbocycles. The maximum atomic E-state index is 13.0. The van der Waals surface area contributed by atoms with E-state index in [1.165, 1.54) is 0 Å². The summed E-state index contributed by atoms with van der Waals surface area (Å²) in [6, 6.07) is 5.09. The number of nitrogens with zero attached hydrogens (tertiary/aromatic N) is 1. The predicted octanol–water partition coefficient (Wildman–Crippen LogP) is 2.93. The van der Waals surface area contributed by atoms with E-state index in [9.17, 15) is 9.59 Å². The second kappa shape index (κ2) is 8.39. The van der Waals surface area contributed by atoms with Gasteiger partial charge in [0.1, 0.15) is 0 Å². The molecule has 156 valence electrons. The van der Waals surface area contributed by atoms with Crippen LogP contribution in [0.4, 0.5) is 5.69 Å². The van der Waals surface area contributed by atoms with Gasteiger partial charge in [-0.05, 0) is 66.5 Å². The van der Waals surface area contributed by atoms with Crippen molar-refractivity contribution in [3.63, 3.8) is 0 Å². The average molecular weight is 392 g/mol. The minimum absolute atomic E-state index is 0.00280. The molecule has 7 heteroatoms. The predicted molar refractivity (Wildman–Crippen MR) is 110 cm³/mol. The van der Waals surface area contributed by atoms with Crippen molar-refractivity contribution in [2.75, 3.05) is 18.5 Å². The minimum atomic E-state index is -0.678. The molecule has 0 atom stereocenters. The maximum absolute atomic E-state index is 13.0. The molecule has 28 heavy (non-hydrogen) atoms. The van der Waals surface area contributed by atoms with Gasteiger partial charge >= 0.3 is 11.8 Å². The largest absolute Gasteiger partial charge is 0.490 e. The number of carbonyl (C=O) groups excluding carboxylic acids is 2. The molecule has 1 heterocycles. The topological polar surface area (TPSA) is 93.9 Å². The fourth-order valence-corrected chi connectivity index (χ4v) is 4.32. The van der Waals surface area contributed by atoms with Gasteiger partial charge in [0.05, 0.1) is 13.2 Å². The zero-order valence-corrected chi connectivity index (χ0v) is 17.8. The summed E-state index contributed by atoms with van der Waals surface area (Å²) in [5.41, 5.74) is 5.63. The second-order valence-electron chi connectivity index (χ2n) is 8.42. The number of hydrogen-bond donors (Lipinski definition) is 2. The van der Waals surface area contributed by atoms with Crippen LogP contribution in [0.1, 0.15) is 54.4 Å². The van der Waals surface area contributed by atoms with Gasteiger partial charge in [-0.1, -0.05) is 0 Å². The molecule has 1 aliphatic rings. The molecule has 1 aromatic rings. The fraction of sp³-hybridized carbons (Fsp3) is 0.619. The number of likely N-dealkylation sites (tertiary alicyclic amines) is 1. The Morgan fingerprint density at radius 1 is 1.07 bits per heavy atom. The Balaban J connectivity index is 2.22. The van der Waals surface area contributed by atoms with Gasteiger partial charge in [-0.2, -0.15) is 0 Å². The number of benzene rings is 1. The molecule has 0 bridgehead atoms. The van der Waals surface area contributed by atoms with Crippen molar-refractivity contribution in [3.8, 4) is 11.5 Å². The molecule has 3 N–H and O–H groups in total. The molecular weight excluding hydrogens is 358 g/mol. The standard InChI is InChI=1S/C21H33N3O4/c1-7-27-16-10-9-15(11-17(16)28-8-2)23-18(25)19(26)24-20(3,4)12-14(22)13-21(24,5)6/h9-11,14H,7-8,12-13,22H2,1-6H3,(H,23,25). The third kappa shape index (κ3) is 4.76. The first-order chi connectivity index (χ1) is 13.0. The smallest absolute Gasteiger partial charge is 0.313 e. The summed E-state index contributed by atoms with van der Waals surface area (Å²) in [6.07, 6.45) is 1.29. The Labute approximate surface area is 167 Å². The molecule has 0 aromatic heterocycles. The Kier molecular flexibility index (Phi) is 6.59. The number of ether oxygens (including phenoxy) is 2. The molecule has 2 rings (SSSR count). The van der Waals surface area contributed by atoms with E-state index in [0.29, 0.717) is 43.2 Å². The van der Waals surface area contributed by atoms with Gasteiger partial charge in [-0.25, -0.2) is 0 Å². The number of amides is 2. The van der Waals surface area contributed by atoms with Crippen LogP contribution in [-0.4, -0.2) is 47.0 Å². The summed E-state index contributed by atoms with van der Waals surface area (Å²) in [5.74, 6) is -0.114. The third-order valence-electron chi connectivity index (χ3n) is 4.93. The van der Waals surface area contributed by atoms with E-state index in [-0.39, 0.29) is 6.04 Å². The normalized spacial score (nSPS) is 18.5.